The number of oxazole rings is 1. The molecule has 0 saturated heterocycles. The number of hydrogen-bond acceptors (Lipinski definition) is 8. The number of thioether (sulfide) groups is 1. The molecule has 0 atom stereocenters. The molecule has 1 amide bonds. The Bertz CT molecular complexity index is 1010. The Hall–Kier alpha value is -2.66. The van der Waals surface area contributed by atoms with Crippen LogP contribution in [0.5, 0.6) is 0 Å². The lowest BCUT2D eigenvalue weighted by molar-refractivity contribution is -0.384. The monoisotopic (exact) mass is 422 g/mol. The van der Waals surface area contributed by atoms with Crippen molar-refractivity contribution in [3.63, 3.8) is 0 Å². The van der Waals surface area contributed by atoms with Crippen LogP contribution < -0.4 is 11.1 Å². The maximum absolute atomic E-state index is 12.0. The number of carbonyl (C=O) groups is 1. The van der Waals surface area contributed by atoms with Crippen molar-refractivity contribution in [2.45, 2.75) is 30.1 Å². The second-order valence-corrected chi connectivity index (χ2v) is 8.12. The Labute approximate surface area is 167 Å². The number of aromatic nitrogens is 2. The van der Waals surface area contributed by atoms with E-state index >= 15 is 0 Å². The Balaban J connectivity index is 1.41. The predicted octanol–water partition coefficient (Wildman–Crippen LogP) is 3.04. The molecule has 0 aliphatic rings. The van der Waals surface area contributed by atoms with Crippen molar-refractivity contribution < 1.29 is 14.1 Å². The number of carbonyl (C=O) groups excluding carboxylic acids is 1. The van der Waals surface area contributed by atoms with Gasteiger partial charge in [0.25, 0.3) is 5.69 Å². The van der Waals surface area contributed by atoms with Gasteiger partial charge in [-0.3, -0.25) is 19.5 Å². The first-order valence-electron chi connectivity index (χ1n) is 8.61. The van der Waals surface area contributed by atoms with Gasteiger partial charge in [-0.15, -0.1) is 11.3 Å². The summed E-state index contributed by atoms with van der Waals surface area (Å²) >= 11 is 3.26. The van der Waals surface area contributed by atoms with Gasteiger partial charge in [0.05, 0.1) is 16.5 Å². The molecule has 1 N–H and O–H groups in total. The number of nitro benzene ring substituents is 1. The summed E-state index contributed by atoms with van der Waals surface area (Å²) in [6.07, 6.45) is 3.36. The molecule has 0 aliphatic heterocycles. The van der Waals surface area contributed by atoms with Gasteiger partial charge in [-0.1, -0.05) is 11.8 Å². The van der Waals surface area contributed by atoms with E-state index in [1.54, 1.807) is 29.3 Å². The van der Waals surface area contributed by atoms with Crippen molar-refractivity contribution in [1.82, 2.24) is 14.9 Å². The number of hydrogen-bond donors (Lipinski definition) is 1. The van der Waals surface area contributed by atoms with Crippen LogP contribution in [0, 0.1) is 10.1 Å². The first-order chi connectivity index (χ1) is 13.5. The SMILES string of the molecule is O=C(CCCn1c(=O)oc2cc([N+](=O)[O-])ccc21)NCCCSc1nccs1. The number of nitro groups is 1. The Kier molecular flexibility index (Phi) is 6.82. The summed E-state index contributed by atoms with van der Waals surface area (Å²) in [6.45, 7) is 0.895. The van der Waals surface area contributed by atoms with Gasteiger partial charge in [0.1, 0.15) is 4.34 Å². The topological polar surface area (TPSA) is 120 Å². The number of benzene rings is 1. The largest absolute Gasteiger partial charge is 0.419 e. The lowest BCUT2D eigenvalue weighted by atomic mass is 10.2. The average molecular weight is 422 g/mol. The van der Waals surface area contributed by atoms with Crippen LogP contribution in [0.25, 0.3) is 11.1 Å². The molecule has 9 nitrogen and oxygen atoms in total. The highest BCUT2D eigenvalue weighted by molar-refractivity contribution is 8.00. The first-order valence-corrected chi connectivity index (χ1v) is 10.5. The summed E-state index contributed by atoms with van der Waals surface area (Å²) in [5, 5.41) is 15.6. The van der Waals surface area contributed by atoms with E-state index in [9.17, 15) is 19.7 Å². The molecule has 0 aliphatic carbocycles. The van der Waals surface area contributed by atoms with E-state index < -0.39 is 10.7 Å². The Morgan fingerprint density at radius 2 is 2.25 bits per heavy atom. The molecule has 0 spiro atoms. The lowest BCUT2D eigenvalue weighted by Gasteiger charge is -2.05. The van der Waals surface area contributed by atoms with Gasteiger partial charge in [0, 0.05) is 42.9 Å². The minimum absolute atomic E-state index is 0.0734. The van der Waals surface area contributed by atoms with Crippen molar-refractivity contribution in [3.05, 3.63) is 50.4 Å². The standard InChI is InChI=1S/C17H18N4O5S2/c22-15(18-6-2-9-27-16-19-7-10-28-16)3-1-8-20-13-5-4-12(21(24)25)11-14(13)26-17(20)23/h4-5,7,10-11H,1-3,6,8-9H2,(H,18,22). The molecule has 2 aromatic heterocycles. The summed E-state index contributed by atoms with van der Waals surface area (Å²) in [6, 6.07) is 4.03. The van der Waals surface area contributed by atoms with Crippen LogP contribution in [0.15, 0.2) is 43.3 Å². The second-order valence-electron chi connectivity index (χ2n) is 5.88. The fourth-order valence-corrected chi connectivity index (χ4v) is 4.25. The van der Waals surface area contributed by atoms with E-state index in [0.717, 1.165) is 16.5 Å². The molecule has 0 radical (unpaired) electrons. The smallest absolute Gasteiger partial charge is 0.407 e. The fourth-order valence-electron chi connectivity index (χ4n) is 2.61. The summed E-state index contributed by atoms with van der Waals surface area (Å²) in [4.78, 5) is 38.3. The van der Waals surface area contributed by atoms with Crippen LogP contribution in [0.2, 0.25) is 0 Å². The number of thiazole rings is 1. The molecule has 0 saturated carbocycles. The quantitative estimate of drug-likeness (QED) is 0.231. The number of nitrogens with zero attached hydrogens (tertiary/aromatic N) is 3. The van der Waals surface area contributed by atoms with E-state index in [-0.39, 0.29) is 23.6 Å². The van der Waals surface area contributed by atoms with Gasteiger partial charge in [0.15, 0.2) is 5.58 Å². The third-order valence-corrected chi connectivity index (χ3v) is 5.98. The zero-order chi connectivity index (χ0) is 19.9. The predicted molar refractivity (Wildman–Crippen MR) is 107 cm³/mol. The molecule has 1 aromatic carbocycles. The lowest BCUT2D eigenvalue weighted by Crippen LogP contribution is -2.25. The van der Waals surface area contributed by atoms with Gasteiger partial charge in [0.2, 0.25) is 5.91 Å². The summed E-state index contributed by atoms with van der Waals surface area (Å²) < 4.78 is 7.47. The van der Waals surface area contributed by atoms with E-state index in [2.05, 4.69) is 10.3 Å². The second kappa shape index (κ2) is 9.51. The van der Waals surface area contributed by atoms with E-state index in [1.165, 1.54) is 22.8 Å². The number of rotatable bonds is 10. The van der Waals surface area contributed by atoms with Crippen molar-refractivity contribution in [3.8, 4) is 0 Å². The minimum Gasteiger partial charge on any atom is -0.407 e. The van der Waals surface area contributed by atoms with Crippen LogP contribution in [-0.2, 0) is 11.3 Å². The zero-order valence-corrected chi connectivity index (χ0v) is 16.5. The summed E-state index contributed by atoms with van der Waals surface area (Å²) in [7, 11) is 0. The highest BCUT2D eigenvalue weighted by Crippen LogP contribution is 2.21. The number of fused-ring (bicyclic) bond motifs is 1. The third kappa shape index (κ3) is 5.20. The van der Waals surface area contributed by atoms with Gasteiger partial charge in [-0.05, 0) is 18.9 Å². The van der Waals surface area contributed by atoms with Crippen molar-refractivity contribution in [2.75, 3.05) is 12.3 Å². The van der Waals surface area contributed by atoms with Gasteiger partial charge in [-0.2, -0.15) is 0 Å². The number of aryl methyl sites for hydroxylation is 1. The Morgan fingerprint density at radius 3 is 3.00 bits per heavy atom. The maximum Gasteiger partial charge on any atom is 0.419 e. The highest BCUT2D eigenvalue weighted by atomic mass is 32.2. The molecule has 0 fully saturated rings. The van der Waals surface area contributed by atoms with E-state index in [4.69, 9.17) is 4.42 Å². The molecule has 0 bridgehead atoms. The van der Waals surface area contributed by atoms with E-state index in [0.29, 0.717) is 25.0 Å². The average Bonchev–Trinajstić information content (AvgIpc) is 3.28. The number of non-ortho nitro benzene ring substituents is 1. The molecule has 0 unspecified atom stereocenters. The molecular weight excluding hydrogens is 404 g/mol. The molecule has 2 heterocycles. The molecule has 11 heteroatoms. The highest BCUT2D eigenvalue weighted by Gasteiger charge is 2.14. The molecule has 3 rings (SSSR count). The fraction of sp³-hybridized carbons (Fsp3) is 0.353. The normalized spacial score (nSPS) is 11.0. The van der Waals surface area contributed by atoms with E-state index in [1.807, 2.05) is 5.38 Å². The maximum atomic E-state index is 12.0. The summed E-state index contributed by atoms with van der Waals surface area (Å²) in [5.74, 6) is 0.224. The zero-order valence-electron chi connectivity index (χ0n) is 14.8. The number of amides is 1. The van der Waals surface area contributed by atoms with Crippen LogP contribution in [0.3, 0.4) is 0 Å². The van der Waals surface area contributed by atoms with Crippen LogP contribution in [-0.4, -0.2) is 32.7 Å². The van der Waals surface area contributed by atoms with Gasteiger partial charge >= 0.3 is 5.76 Å². The van der Waals surface area contributed by atoms with Gasteiger partial charge < -0.3 is 9.73 Å². The van der Waals surface area contributed by atoms with Crippen molar-refractivity contribution in [2.24, 2.45) is 0 Å². The minimum atomic E-state index is -0.588. The van der Waals surface area contributed by atoms with Crippen LogP contribution >= 0.6 is 23.1 Å². The van der Waals surface area contributed by atoms with Crippen LogP contribution in [0.4, 0.5) is 5.69 Å². The van der Waals surface area contributed by atoms with Crippen LogP contribution in [0.1, 0.15) is 19.3 Å². The first kappa shape index (κ1) is 20.1. The molecule has 148 valence electrons. The molecule has 28 heavy (non-hydrogen) atoms. The number of nitrogens with one attached hydrogen (secondary N) is 1. The third-order valence-electron chi connectivity index (χ3n) is 3.93. The summed E-state index contributed by atoms with van der Waals surface area (Å²) in [5.41, 5.74) is 0.511. The van der Waals surface area contributed by atoms with Gasteiger partial charge in [-0.25, -0.2) is 9.78 Å². The van der Waals surface area contributed by atoms with Crippen molar-refractivity contribution >= 4 is 45.8 Å². The molecule has 3 aromatic rings. The Morgan fingerprint density at radius 1 is 1.39 bits per heavy atom. The molecular formula is C17H18N4O5S2. The van der Waals surface area contributed by atoms with Crippen molar-refractivity contribution in [1.29, 1.82) is 0 Å².